The molecule has 1 aromatic carbocycles. The number of rotatable bonds is 2. The van der Waals surface area contributed by atoms with Crippen LogP contribution in [0.3, 0.4) is 0 Å². The van der Waals surface area contributed by atoms with Crippen LogP contribution < -0.4 is 11.3 Å². The van der Waals surface area contributed by atoms with Gasteiger partial charge in [0.15, 0.2) is 0 Å². The van der Waals surface area contributed by atoms with Crippen molar-refractivity contribution in [2.75, 3.05) is 5.73 Å². The number of benzene rings is 1. The molecule has 2 heterocycles. The van der Waals surface area contributed by atoms with Crippen LogP contribution in [0.1, 0.15) is 11.1 Å². The molecular formula is C16H12N4O. The van der Waals surface area contributed by atoms with Gasteiger partial charge in [0.2, 0.25) is 0 Å². The number of nitrogens with two attached hydrogens (primary N) is 1. The normalized spacial score (nSPS) is 10.4. The molecule has 0 amide bonds. The van der Waals surface area contributed by atoms with E-state index in [4.69, 9.17) is 5.73 Å². The number of pyridine rings is 2. The summed E-state index contributed by atoms with van der Waals surface area (Å²) in [5.74, 6) is 0.151. The molecule has 0 spiro atoms. The molecule has 2 N–H and O–H groups in total. The second-order valence-electron chi connectivity index (χ2n) is 4.65. The first-order valence-corrected chi connectivity index (χ1v) is 6.43. The third-order valence-electron chi connectivity index (χ3n) is 3.36. The summed E-state index contributed by atoms with van der Waals surface area (Å²) < 4.78 is 1.41. The highest BCUT2D eigenvalue weighted by molar-refractivity contribution is 5.86. The van der Waals surface area contributed by atoms with Gasteiger partial charge in [-0.2, -0.15) is 5.26 Å². The van der Waals surface area contributed by atoms with E-state index in [0.717, 1.165) is 5.56 Å². The van der Waals surface area contributed by atoms with E-state index in [1.54, 1.807) is 18.3 Å². The number of hydrogen-bond donors (Lipinski definition) is 1. The lowest BCUT2D eigenvalue weighted by atomic mass is 10.1. The van der Waals surface area contributed by atoms with E-state index >= 15 is 0 Å². The van der Waals surface area contributed by atoms with Crippen LogP contribution in [0, 0.1) is 11.3 Å². The van der Waals surface area contributed by atoms with E-state index in [9.17, 15) is 10.1 Å². The van der Waals surface area contributed by atoms with Gasteiger partial charge in [-0.05, 0) is 17.7 Å². The standard InChI is InChI=1S/C16H12N4O/c17-9-13-14-12(7-4-8-19-14)16(21)20(15(13)18)10-11-5-2-1-3-6-11/h1-8H,10,18H2. The smallest absolute Gasteiger partial charge is 0.261 e. The molecule has 0 aliphatic heterocycles. The molecule has 21 heavy (non-hydrogen) atoms. The molecule has 0 aliphatic carbocycles. The highest BCUT2D eigenvalue weighted by Gasteiger charge is 2.15. The zero-order valence-corrected chi connectivity index (χ0v) is 11.2. The minimum atomic E-state index is -0.238. The van der Waals surface area contributed by atoms with Crippen molar-refractivity contribution in [3.05, 3.63) is 70.1 Å². The molecule has 0 unspecified atom stereocenters. The van der Waals surface area contributed by atoms with Crippen molar-refractivity contribution in [3.8, 4) is 6.07 Å². The highest BCUT2D eigenvalue weighted by atomic mass is 16.1. The van der Waals surface area contributed by atoms with Gasteiger partial charge in [-0.1, -0.05) is 30.3 Å². The number of anilines is 1. The van der Waals surface area contributed by atoms with Crippen molar-refractivity contribution in [2.45, 2.75) is 6.54 Å². The lowest BCUT2D eigenvalue weighted by molar-refractivity contribution is 0.778. The van der Waals surface area contributed by atoms with E-state index in [0.29, 0.717) is 17.4 Å². The molecule has 0 aliphatic rings. The third-order valence-corrected chi connectivity index (χ3v) is 3.36. The average Bonchev–Trinajstić information content (AvgIpc) is 2.53. The summed E-state index contributed by atoms with van der Waals surface area (Å²) in [5, 5.41) is 9.71. The molecule has 3 aromatic rings. The first kappa shape index (κ1) is 12.9. The van der Waals surface area contributed by atoms with Crippen LogP contribution in [-0.2, 0) is 6.54 Å². The number of fused-ring (bicyclic) bond motifs is 1. The van der Waals surface area contributed by atoms with Crippen LogP contribution in [-0.4, -0.2) is 9.55 Å². The Bertz CT molecular complexity index is 907. The van der Waals surface area contributed by atoms with E-state index < -0.39 is 0 Å². The first-order chi connectivity index (χ1) is 10.2. The maximum atomic E-state index is 12.6. The summed E-state index contributed by atoms with van der Waals surface area (Å²) in [6.45, 7) is 0.324. The summed E-state index contributed by atoms with van der Waals surface area (Å²) >= 11 is 0. The third kappa shape index (κ3) is 2.13. The SMILES string of the molecule is N#Cc1c(N)n(Cc2ccccc2)c(=O)c2cccnc12. The Labute approximate surface area is 120 Å². The van der Waals surface area contributed by atoms with Gasteiger partial charge in [-0.3, -0.25) is 14.3 Å². The summed E-state index contributed by atoms with van der Waals surface area (Å²) in [5.41, 5.74) is 7.31. The lowest BCUT2D eigenvalue weighted by Gasteiger charge is -2.12. The van der Waals surface area contributed by atoms with Crippen LogP contribution >= 0.6 is 0 Å². The molecule has 0 atom stereocenters. The van der Waals surface area contributed by atoms with Crippen molar-refractivity contribution in [1.29, 1.82) is 5.26 Å². The zero-order chi connectivity index (χ0) is 14.8. The minimum absolute atomic E-state index is 0.151. The van der Waals surface area contributed by atoms with Crippen LogP contribution in [0.4, 0.5) is 5.82 Å². The van der Waals surface area contributed by atoms with E-state index in [1.165, 1.54) is 4.57 Å². The molecule has 3 rings (SSSR count). The van der Waals surface area contributed by atoms with E-state index in [-0.39, 0.29) is 16.9 Å². The molecule has 0 bridgehead atoms. The minimum Gasteiger partial charge on any atom is -0.384 e. The lowest BCUT2D eigenvalue weighted by Crippen LogP contribution is -2.25. The second-order valence-corrected chi connectivity index (χ2v) is 4.65. The predicted molar refractivity (Wildman–Crippen MR) is 80.7 cm³/mol. The molecule has 5 nitrogen and oxygen atoms in total. The Kier molecular flexibility index (Phi) is 3.13. The van der Waals surface area contributed by atoms with Crippen molar-refractivity contribution in [1.82, 2.24) is 9.55 Å². The van der Waals surface area contributed by atoms with Gasteiger partial charge in [-0.15, -0.1) is 0 Å². The number of nitrogens with zero attached hydrogens (tertiary/aromatic N) is 3. The molecule has 0 saturated carbocycles. The molecule has 0 saturated heterocycles. The van der Waals surface area contributed by atoms with Gasteiger partial charge in [0, 0.05) is 6.20 Å². The maximum absolute atomic E-state index is 12.6. The van der Waals surface area contributed by atoms with Gasteiger partial charge in [0.05, 0.1) is 17.4 Å². The molecule has 102 valence electrons. The molecular weight excluding hydrogens is 264 g/mol. The summed E-state index contributed by atoms with van der Waals surface area (Å²) in [7, 11) is 0. The molecule has 5 heteroatoms. The highest BCUT2D eigenvalue weighted by Crippen LogP contribution is 2.19. The Morgan fingerprint density at radius 1 is 1.19 bits per heavy atom. The average molecular weight is 276 g/mol. The fourth-order valence-corrected chi connectivity index (χ4v) is 2.32. The number of hydrogen-bond acceptors (Lipinski definition) is 4. The molecule has 0 radical (unpaired) electrons. The Balaban J connectivity index is 2.29. The fourth-order valence-electron chi connectivity index (χ4n) is 2.32. The van der Waals surface area contributed by atoms with Crippen molar-refractivity contribution < 1.29 is 0 Å². The Hall–Kier alpha value is -3.13. The summed E-state index contributed by atoms with van der Waals surface area (Å²) in [4.78, 5) is 16.7. The number of aromatic nitrogens is 2. The van der Waals surface area contributed by atoms with Crippen molar-refractivity contribution >= 4 is 16.7 Å². The number of nitrogen functional groups attached to an aromatic ring is 1. The van der Waals surface area contributed by atoms with Gasteiger partial charge < -0.3 is 5.73 Å². The van der Waals surface area contributed by atoms with Crippen LogP contribution in [0.2, 0.25) is 0 Å². The first-order valence-electron chi connectivity index (χ1n) is 6.43. The molecule has 2 aromatic heterocycles. The summed E-state index contributed by atoms with van der Waals surface area (Å²) in [6, 6.07) is 14.9. The predicted octanol–water partition coefficient (Wildman–Crippen LogP) is 1.90. The molecule has 0 fully saturated rings. The largest absolute Gasteiger partial charge is 0.384 e. The van der Waals surface area contributed by atoms with Crippen molar-refractivity contribution in [3.63, 3.8) is 0 Å². The van der Waals surface area contributed by atoms with E-state index in [1.807, 2.05) is 36.4 Å². The van der Waals surface area contributed by atoms with Crippen LogP contribution in [0.25, 0.3) is 10.9 Å². The van der Waals surface area contributed by atoms with E-state index in [2.05, 4.69) is 4.98 Å². The van der Waals surface area contributed by atoms with Gasteiger partial charge in [0.1, 0.15) is 17.5 Å². The quantitative estimate of drug-likeness (QED) is 0.774. The topological polar surface area (TPSA) is 84.7 Å². The van der Waals surface area contributed by atoms with Crippen LogP contribution in [0.15, 0.2) is 53.5 Å². The van der Waals surface area contributed by atoms with Gasteiger partial charge >= 0.3 is 0 Å². The second kappa shape index (κ2) is 5.10. The Morgan fingerprint density at radius 2 is 1.95 bits per heavy atom. The van der Waals surface area contributed by atoms with Crippen molar-refractivity contribution in [2.24, 2.45) is 0 Å². The maximum Gasteiger partial charge on any atom is 0.261 e. The monoisotopic (exact) mass is 276 g/mol. The van der Waals surface area contributed by atoms with Gasteiger partial charge in [0.25, 0.3) is 5.56 Å². The number of nitriles is 1. The fraction of sp³-hybridized carbons (Fsp3) is 0.0625. The Morgan fingerprint density at radius 3 is 2.67 bits per heavy atom. The van der Waals surface area contributed by atoms with Gasteiger partial charge in [-0.25, -0.2) is 0 Å². The summed E-state index contributed by atoms with van der Waals surface area (Å²) in [6.07, 6.45) is 1.55. The van der Waals surface area contributed by atoms with Crippen LogP contribution in [0.5, 0.6) is 0 Å². The zero-order valence-electron chi connectivity index (χ0n) is 11.2.